The van der Waals surface area contributed by atoms with Gasteiger partial charge >= 0.3 is 6.03 Å². The summed E-state index contributed by atoms with van der Waals surface area (Å²) in [5.41, 5.74) is 0.421. The van der Waals surface area contributed by atoms with Crippen LogP contribution in [-0.2, 0) is 15.1 Å². The molecule has 0 spiro atoms. The molecular weight excluding hydrogens is 358 g/mol. The Morgan fingerprint density at radius 3 is 2.61 bits per heavy atom. The molecule has 1 saturated heterocycles. The predicted octanol–water partition coefficient (Wildman–Crippen LogP) is 2.61. The van der Waals surface area contributed by atoms with Crippen molar-refractivity contribution in [1.82, 2.24) is 15.5 Å². The summed E-state index contributed by atoms with van der Waals surface area (Å²) >= 11 is 0. The quantitative estimate of drug-likeness (QED) is 0.735. The number of ether oxygens (including phenoxy) is 1. The van der Waals surface area contributed by atoms with Gasteiger partial charge in [-0.3, -0.25) is 14.5 Å². The molecule has 1 aromatic carbocycles. The third kappa shape index (κ3) is 3.70. The molecule has 1 heterocycles. The van der Waals surface area contributed by atoms with E-state index in [0.717, 1.165) is 41.9 Å². The van der Waals surface area contributed by atoms with E-state index in [2.05, 4.69) is 10.6 Å². The molecule has 0 bridgehead atoms. The predicted molar refractivity (Wildman–Crippen MR) is 105 cm³/mol. The van der Waals surface area contributed by atoms with Crippen molar-refractivity contribution >= 4 is 17.8 Å². The van der Waals surface area contributed by atoms with Crippen molar-refractivity contribution in [3.8, 4) is 5.75 Å². The average Bonchev–Trinajstić information content (AvgIpc) is 2.93. The SMILES string of the molecule is CCC1(c2ccc(OC)c(C)c2)NC(=O)N(CC(=O)NC2CCCCC2)C1=O. The first kappa shape index (κ1) is 20.2. The number of carbonyl (C=O) groups excluding carboxylic acids is 3. The fourth-order valence-corrected chi connectivity index (χ4v) is 4.22. The zero-order chi connectivity index (χ0) is 20.3. The van der Waals surface area contributed by atoms with Gasteiger partial charge in [-0.25, -0.2) is 4.79 Å². The van der Waals surface area contributed by atoms with Crippen molar-refractivity contribution in [2.75, 3.05) is 13.7 Å². The first-order valence-corrected chi connectivity index (χ1v) is 10.00. The van der Waals surface area contributed by atoms with Crippen molar-refractivity contribution in [1.29, 1.82) is 0 Å². The maximum Gasteiger partial charge on any atom is 0.325 e. The van der Waals surface area contributed by atoms with Crippen LogP contribution in [0.4, 0.5) is 4.79 Å². The first-order chi connectivity index (χ1) is 13.4. The number of methoxy groups -OCH3 is 1. The third-order valence-corrected chi connectivity index (χ3v) is 5.87. The van der Waals surface area contributed by atoms with Crippen LogP contribution in [0, 0.1) is 6.92 Å². The summed E-state index contributed by atoms with van der Waals surface area (Å²) in [5, 5.41) is 5.79. The molecule has 152 valence electrons. The van der Waals surface area contributed by atoms with Gasteiger partial charge in [0.2, 0.25) is 5.91 Å². The van der Waals surface area contributed by atoms with Gasteiger partial charge < -0.3 is 15.4 Å². The van der Waals surface area contributed by atoms with Gasteiger partial charge in [-0.2, -0.15) is 0 Å². The van der Waals surface area contributed by atoms with Crippen LogP contribution < -0.4 is 15.4 Å². The number of carbonyl (C=O) groups is 3. The van der Waals surface area contributed by atoms with E-state index < -0.39 is 11.6 Å². The van der Waals surface area contributed by atoms with Crippen LogP contribution >= 0.6 is 0 Å². The zero-order valence-corrected chi connectivity index (χ0v) is 16.8. The Kier molecular flexibility index (Phi) is 5.91. The van der Waals surface area contributed by atoms with E-state index in [4.69, 9.17) is 4.74 Å². The zero-order valence-electron chi connectivity index (χ0n) is 16.8. The van der Waals surface area contributed by atoms with E-state index in [1.807, 2.05) is 19.9 Å². The van der Waals surface area contributed by atoms with Crippen LogP contribution in [0.2, 0.25) is 0 Å². The normalized spacial score (nSPS) is 22.9. The van der Waals surface area contributed by atoms with E-state index in [-0.39, 0.29) is 24.4 Å². The minimum atomic E-state index is -1.15. The molecule has 1 aliphatic heterocycles. The van der Waals surface area contributed by atoms with Crippen molar-refractivity contribution in [3.05, 3.63) is 29.3 Å². The number of imide groups is 1. The lowest BCUT2D eigenvalue weighted by atomic mass is 9.86. The molecule has 2 N–H and O–H groups in total. The molecule has 1 aliphatic carbocycles. The molecule has 7 nitrogen and oxygen atoms in total. The van der Waals surface area contributed by atoms with Gasteiger partial charge in [0, 0.05) is 6.04 Å². The summed E-state index contributed by atoms with van der Waals surface area (Å²) < 4.78 is 5.29. The Morgan fingerprint density at radius 2 is 2.00 bits per heavy atom. The van der Waals surface area contributed by atoms with Crippen LogP contribution in [0.15, 0.2) is 18.2 Å². The molecule has 3 rings (SSSR count). The highest BCUT2D eigenvalue weighted by Gasteiger charge is 2.51. The molecule has 1 saturated carbocycles. The van der Waals surface area contributed by atoms with E-state index in [1.54, 1.807) is 19.2 Å². The third-order valence-electron chi connectivity index (χ3n) is 5.87. The lowest BCUT2D eigenvalue weighted by molar-refractivity contribution is -0.135. The highest BCUT2D eigenvalue weighted by Crippen LogP contribution is 2.34. The van der Waals surface area contributed by atoms with Crippen molar-refractivity contribution < 1.29 is 19.1 Å². The highest BCUT2D eigenvalue weighted by atomic mass is 16.5. The van der Waals surface area contributed by atoms with Crippen LogP contribution in [0.25, 0.3) is 0 Å². The second kappa shape index (κ2) is 8.20. The Hall–Kier alpha value is -2.57. The first-order valence-electron chi connectivity index (χ1n) is 10.00. The van der Waals surface area contributed by atoms with Gasteiger partial charge in [0.25, 0.3) is 5.91 Å². The minimum absolute atomic E-state index is 0.141. The summed E-state index contributed by atoms with van der Waals surface area (Å²) in [6.07, 6.45) is 5.70. The van der Waals surface area contributed by atoms with E-state index in [1.165, 1.54) is 6.42 Å². The van der Waals surface area contributed by atoms with Gasteiger partial charge in [0.15, 0.2) is 0 Å². The molecule has 0 radical (unpaired) electrons. The number of amides is 4. The second-order valence-corrected chi connectivity index (χ2v) is 7.67. The van der Waals surface area contributed by atoms with Gasteiger partial charge in [-0.05, 0) is 49.4 Å². The lowest BCUT2D eigenvalue weighted by Crippen LogP contribution is -2.46. The Labute approximate surface area is 165 Å². The number of aryl methyl sites for hydroxylation is 1. The minimum Gasteiger partial charge on any atom is -0.496 e. The standard InChI is InChI=1S/C21H29N3O4/c1-4-21(15-10-11-17(28-3)14(2)12-15)19(26)24(20(27)23-21)13-18(25)22-16-8-6-5-7-9-16/h10-12,16H,4-9,13H2,1-3H3,(H,22,25)(H,23,27). The molecule has 0 aromatic heterocycles. The fraction of sp³-hybridized carbons (Fsp3) is 0.571. The number of nitrogens with one attached hydrogen (secondary N) is 2. The smallest absolute Gasteiger partial charge is 0.325 e. The number of hydrogen-bond acceptors (Lipinski definition) is 4. The van der Waals surface area contributed by atoms with Crippen LogP contribution in [0.5, 0.6) is 5.75 Å². The molecule has 1 aromatic rings. The summed E-state index contributed by atoms with van der Waals surface area (Å²) in [5.74, 6) is 0.0482. The van der Waals surface area contributed by atoms with E-state index in [9.17, 15) is 14.4 Å². The Bertz CT molecular complexity index is 773. The summed E-state index contributed by atoms with van der Waals surface area (Å²) in [4.78, 5) is 39.2. The second-order valence-electron chi connectivity index (χ2n) is 7.67. The van der Waals surface area contributed by atoms with Gasteiger partial charge in [0.05, 0.1) is 7.11 Å². The molecular formula is C21H29N3O4. The number of benzene rings is 1. The van der Waals surface area contributed by atoms with Gasteiger partial charge in [0.1, 0.15) is 17.8 Å². The van der Waals surface area contributed by atoms with Crippen LogP contribution in [-0.4, -0.2) is 42.4 Å². The van der Waals surface area contributed by atoms with Gasteiger partial charge in [-0.15, -0.1) is 0 Å². The largest absolute Gasteiger partial charge is 0.496 e. The Morgan fingerprint density at radius 1 is 1.29 bits per heavy atom. The molecule has 1 unspecified atom stereocenters. The molecule has 1 atom stereocenters. The molecule has 2 fully saturated rings. The maximum atomic E-state index is 13.2. The monoisotopic (exact) mass is 387 g/mol. The van der Waals surface area contributed by atoms with E-state index in [0.29, 0.717) is 12.0 Å². The number of rotatable bonds is 6. The van der Waals surface area contributed by atoms with Crippen molar-refractivity contribution in [3.63, 3.8) is 0 Å². The lowest BCUT2D eigenvalue weighted by Gasteiger charge is -2.27. The topological polar surface area (TPSA) is 87.7 Å². The van der Waals surface area contributed by atoms with Crippen molar-refractivity contribution in [2.45, 2.75) is 64.0 Å². The molecule has 4 amide bonds. The van der Waals surface area contributed by atoms with Crippen LogP contribution in [0.3, 0.4) is 0 Å². The molecule has 2 aliphatic rings. The number of urea groups is 1. The summed E-state index contributed by atoms with van der Waals surface area (Å²) in [7, 11) is 1.59. The van der Waals surface area contributed by atoms with E-state index >= 15 is 0 Å². The Balaban J connectivity index is 1.76. The molecule has 7 heteroatoms. The summed E-state index contributed by atoms with van der Waals surface area (Å²) in [6.45, 7) is 3.49. The molecule has 28 heavy (non-hydrogen) atoms. The fourth-order valence-electron chi connectivity index (χ4n) is 4.22. The highest BCUT2D eigenvalue weighted by molar-refractivity contribution is 6.09. The van der Waals surface area contributed by atoms with Gasteiger partial charge in [-0.1, -0.05) is 32.3 Å². The number of hydrogen-bond donors (Lipinski definition) is 2. The van der Waals surface area contributed by atoms with Crippen LogP contribution in [0.1, 0.15) is 56.6 Å². The van der Waals surface area contributed by atoms with Crippen molar-refractivity contribution in [2.24, 2.45) is 0 Å². The number of nitrogens with zero attached hydrogens (tertiary/aromatic N) is 1. The summed E-state index contributed by atoms with van der Waals surface area (Å²) in [6, 6.07) is 5.05. The average molecular weight is 387 g/mol. The maximum absolute atomic E-state index is 13.2.